The summed E-state index contributed by atoms with van der Waals surface area (Å²) in [6.07, 6.45) is 13.5. The Morgan fingerprint density at radius 1 is 0.806 bits per heavy atom. The Morgan fingerprint density at radius 3 is 2.13 bits per heavy atom. The lowest BCUT2D eigenvalue weighted by molar-refractivity contribution is 0.555. The molecular formula is C25H34N2O2S2. The van der Waals surface area contributed by atoms with Crippen molar-refractivity contribution in [3.8, 4) is 0 Å². The molecule has 0 spiro atoms. The van der Waals surface area contributed by atoms with Gasteiger partial charge in [0.2, 0.25) is 0 Å². The van der Waals surface area contributed by atoms with Crippen molar-refractivity contribution in [3.63, 3.8) is 0 Å². The first-order chi connectivity index (χ1) is 15.1. The Hall–Kier alpha value is -1.92. The van der Waals surface area contributed by atoms with Crippen LogP contribution in [0.25, 0.3) is 10.2 Å². The number of aromatic nitrogens is 1. The predicted molar refractivity (Wildman–Crippen MR) is 132 cm³/mol. The highest BCUT2D eigenvalue weighted by Crippen LogP contribution is 2.28. The zero-order valence-electron chi connectivity index (χ0n) is 18.5. The number of benzene rings is 2. The summed E-state index contributed by atoms with van der Waals surface area (Å²) in [5, 5.41) is 0.412. The molecule has 0 bridgehead atoms. The van der Waals surface area contributed by atoms with Crippen LogP contribution in [0.3, 0.4) is 0 Å². The lowest BCUT2D eigenvalue weighted by Crippen LogP contribution is -2.15. The number of nitrogens with zero attached hydrogens (tertiary/aromatic N) is 1. The van der Waals surface area contributed by atoms with Crippen molar-refractivity contribution in [1.29, 1.82) is 0 Å². The second-order valence-corrected chi connectivity index (χ2v) is 10.8. The van der Waals surface area contributed by atoms with Gasteiger partial charge in [-0.1, -0.05) is 106 Å². The summed E-state index contributed by atoms with van der Waals surface area (Å²) >= 11 is 1.36. The molecule has 1 heterocycles. The zero-order chi connectivity index (χ0) is 21.9. The van der Waals surface area contributed by atoms with Crippen LogP contribution in [-0.2, 0) is 16.4 Å². The molecular weight excluding hydrogens is 424 g/mol. The van der Waals surface area contributed by atoms with Gasteiger partial charge in [-0.2, -0.15) is 0 Å². The Bertz CT molecular complexity index is 1010. The van der Waals surface area contributed by atoms with Crippen LogP contribution >= 0.6 is 11.3 Å². The van der Waals surface area contributed by atoms with Crippen LogP contribution in [0.1, 0.15) is 76.7 Å². The number of sulfonamides is 1. The number of para-hydroxylation sites is 1. The second-order valence-electron chi connectivity index (χ2n) is 8.13. The molecule has 2 aromatic carbocycles. The quantitative estimate of drug-likeness (QED) is 0.254. The molecule has 0 fully saturated rings. The van der Waals surface area contributed by atoms with Gasteiger partial charge in [0.1, 0.15) is 0 Å². The molecule has 0 amide bonds. The highest BCUT2D eigenvalue weighted by molar-refractivity contribution is 7.93. The summed E-state index contributed by atoms with van der Waals surface area (Å²) in [5.41, 5.74) is 1.69. The van der Waals surface area contributed by atoms with Gasteiger partial charge in [-0.05, 0) is 36.6 Å². The van der Waals surface area contributed by atoms with Gasteiger partial charge in [-0.15, -0.1) is 0 Å². The Kier molecular flexibility index (Phi) is 9.34. The molecule has 168 valence electrons. The number of fused-ring (bicyclic) bond motifs is 1. The van der Waals surface area contributed by atoms with E-state index in [1.807, 2.05) is 36.4 Å². The van der Waals surface area contributed by atoms with Gasteiger partial charge in [-0.25, -0.2) is 13.4 Å². The number of aryl methyl sites for hydroxylation is 1. The van der Waals surface area contributed by atoms with Crippen molar-refractivity contribution in [3.05, 3.63) is 54.1 Å². The van der Waals surface area contributed by atoms with Crippen LogP contribution in [0, 0.1) is 0 Å². The molecule has 1 N–H and O–H groups in total. The fraction of sp³-hybridized carbons (Fsp3) is 0.480. The minimum Gasteiger partial charge on any atom is -0.255 e. The molecule has 3 rings (SSSR count). The molecule has 1 aromatic heterocycles. The van der Waals surface area contributed by atoms with E-state index in [0.29, 0.717) is 10.0 Å². The third-order valence-electron chi connectivity index (χ3n) is 5.58. The fourth-order valence-electron chi connectivity index (χ4n) is 3.86. The van der Waals surface area contributed by atoms with Crippen LogP contribution in [0.15, 0.2) is 53.4 Å². The normalized spacial score (nSPS) is 11.8. The Labute approximate surface area is 191 Å². The maximum atomic E-state index is 13.0. The first kappa shape index (κ1) is 23.7. The van der Waals surface area contributed by atoms with Crippen LogP contribution in [0.5, 0.6) is 0 Å². The molecule has 0 unspecified atom stereocenters. The van der Waals surface area contributed by atoms with E-state index in [9.17, 15) is 8.42 Å². The first-order valence-electron chi connectivity index (χ1n) is 11.6. The third kappa shape index (κ3) is 7.32. The van der Waals surface area contributed by atoms with Crippen LogP contribution in [0.4, 0.5) is 5.13 Å². The van der Waals surface area contributed by atoms with Gasteiger partial charge in [0.25, 0.3) is 10.0 Å². The predicted octanol–water partition coefficient (Wildman–Crippen LogP) is 7.56. The highest BCUT2D eigenvalue weighted by Gasteiger charge is 2.19. The number of nitrogens with one attached hydrogen (secondary N) is 1. The van der Waals surface area contributed by atoms with E-state index in [-0.39, 0.29) is 0 Å². The minimum absolute atomic E-state index is 0.366. The summed E-state index contributed by atoms with van der Waals surface area (Å²) in [5.74, 6) is 0. The molecule has 0 saturated heterocycles. The summed E-state index contributed by atoms with van der Waals surface area (Å²) in [6, 6.07) is 15.0. The van der Waals surface area contributed by atoms with Gasteiger partial charge in [0, 0.05) is 0 Å². The number of anilines is 1. The van der Waals surface area contributed by atoms with Gasteiger partial charge in [0.05, 0.1) is 15.1 Å². The maximum Gasteiger partial charge on any atom is 0.263 e. The Balaban J connectivity index is 1.50. The van der Waals surface area contributed by atoms with Crippen molar-refractivity contribution in [2.75, 3.05) is 4.72 Å². The summed E-state index contributed by atoms with van der Waals surface area (Å²) < 4.78 is 29.7. The Morgan fingerprint density at radius 2 is 1.42 bits per heavy atom. The molecule has 4 nitrogen and oxygen atoms in total. The molecule has 6 heteroatoms. The molecule has 0 radical (unpaired) electrons. The largest absolute Gasteiger partial charge is 0.263 e. The van der Waals surface area contributed by atoms with Crippen molar-refractivity contribution < 1.29 is 8.42 Å². The van der Waals surface area contributed by atoms with Crippen molar-refractivity contribution in [2.45, 2.75) is 82.4 Å². The molecule has 0 saturated carbocycles. The summed E-state index contributed by atoms with van der Waals surface area (Å²) in [6.45, 7) is 2.25. The average molecular weight is 459 g/mol. The van der Waals surface area contributed by atoms with E-state index >= 15 is 0 Å². The number of rotatable bonds is 14. The van der Waals surface area contributed by atoms with E-state index in [2.05, 4.69) is 16.6 Å². The number of unbranched alkanes of at least 4 members (excludes halogenated alkanes) is 9. The van der Waals surface area contributed by atoms with Gasteiger partial charge >= 0.3 is 0 Å². The van der Waals surface area contributed by atoms with E-state index in [4.69, 9.17) is 0 Å². The standard InChI is InChI=1S/C25H34N2O2S2/c1-2-3-4-5-6-7-8-9-10-11-16-21-17-12-15-20-24(21)31(28,29)27-25-26-22-18-13-14-19-23(22)30-25/h12-15,17-20H,2-11,16H2,1H3,(H,26,27). The summed E-state index contributed by atoms with van der Waals surface area (Å²) in [4.78, 5) is 4.77. The molecule has 0 aliphatic carbocycles. The van der Waals surface area contributed by atoms with E-state index in [1.54, 1.807) is 12.1 Å². The van der Waals surface area contributed by atoms with Gasteiger partial charge in [-0.3, -0.25) is 4.72 Å². The first-order valence-corrected chi connectivity index (χ1v) is 13.9. The zero-order valence-corrected chi connectivity index (χ0v) is 20.1. The van der Waals surface area contributed by atoms with Crippen LogP contribution in [-0.4, -0.2) is 13.4 Å². The molecule has 0 aliphatic heterocycles. The smallest absolute Gasteiger partial charge is 0.255 e. The van der Waals surface area contributed by atoms with Crippen molar-refractivity contribution in [2.24, 2.45) is 0 Å². The van der Waals surface area contributed by atoms with E-state index in [1.165, 1.54) is 62.7 Å². The van der Waals surface area contributed by atoms with E-state index in [0.717, 1.165) is 35.0 Å². The minimum atomic E-state index is -3.66. The second kappa shape index (κ2) is 12.2. The number of hydrogen-bond donors (Lipinski definition) is 1. The topological polar surface area (TPSA) is 59.1 Å². The van der Waals surface area contributed by atoms with Crippen molar-refractivity contribution >= 4 is 36.7 Å². The molecule has 3 aromatic rings. The number of hydrogen-bond acceptors (Lipinski definition) is 4. The van der Waals surface area contributed by atoms with Gasteiger partial charge < -0.3 is 0 Å². The van der Waals surface area contributed by atoms with Gasteiger partial charge in [0.15, 0.2) is 5.13 Å². The molecule has 0 aliphatic rings. The fourth-order valence-corrected chi connectivity index (χ4v) is 6.23. The number of thiazole rings is 1. The monoisotopic (exact) mass is 458 g/mol. The van der Waals surface area contributed by atoms with Crippen LogP contribution < -0.4 is 4.72 Å². The molecule has 31 heavy (non-hydrogen) atoms. The third-order valence-corrected chi connectivity index (χ3v) is 8.10. The van der Waals surface area contributed by atoms with E-state index < -0.39 is 10.0 Å². The average Bonchev–Trinajstić information content (AvgIpc) is 3.17. The highest BCUT2D eigenvalue weighted by atomic mass is 32.2. The lowest BCUT2D eigenvalue weighted by atomic mass is 10.0. The maximum absolute atomic E-state index is 13.0. The lowest BCUT2D eigenvalue weighted by Gasteiger charge is -2.11. The van der Waals surface area contributed by atoms with Crippen molar-refractivity contribution in [1.82, 2.24) is 4.98 Å². The summed E-state index contributed by atoms with van der Waals surface area (Å²) in [7, 11) is -3.66. The van der Waals surface area contributed by atoms with Crippen LogP contribution in [0.2, 0.25) is 0 Å². The SMILES string of the molecule is CCCCCCCCCCCCc1ccccc1S(=O)(=O)Nc1nc2ccccc2s1. The molecule has 0 atom stereocenters.